The van der Waals surface area contributed by atoms with Gasteiger partial charge < -0.3 is 4.74 Å². The van der Waals surface area contributed by atoms with Gasteiger partial charge in [0.1, 0.15) is 0 Å². The minimum Gasteiger partial charge on any atom is -0.466 e. The van der Waals surface area contributed by atoms with Crippen LogP contribution in [0.5, 0.6) is 0 Å². The lowest BCUT2D eigenvalue weighted by Gasteiger charge is -2.10. The summed E-state index contributed by atoms with van der Waals surface area (Å²) in [5.41, 5.74) is 1.57. The van der Waals surface area contributed by atoms with Crippen molar-refractivity contribution in [2.45, 2.75) is 25.4 Å². The third kappa shape index (κ3) is 5.62. The van der Waals surface area contributed by atoms with Crippen LogP contribution in [0, 0.1) is 0 Å². The fraction of sp³-hybridized carbons (Fsp3) is 0.417. The summed E-state index contributed by atoms with van der Waals surface area (Å²) in [5, 5.41) is 0. The van der Waals surface area contributed by atoms with Gasteiger partial charge in [-0.3, -0.25) is 4.79 Å². The molecule has 0 spiro atoms. The maximum absolute atomic E-state index is 11.1. The summed E-state index contributed by atoms with van der Waals surface area (Å²) in [6.07, 6.45) is 1.30. The molecule has 0 aromatic heterocycles. The van der Waals surface area contributed by atoms with Gasteiger partial charge in [-0.1, -0.05) is 30.3 Å². The number of ether oxygens (including phenoxy) is 1. The van der Waals surface area contributed by atoms with Crippen molar-refractivity contribution in [1.82, 2.24) is 0 Å². The van der Waals surface area contributed by atoms with E-state index in [4.69, 9.17) is 4.74 Å². The van der Waals surface area contributed by atoms with E-state index in [9.17, 15) is 4.79 Å². The Morgan fingerprint density at radius 3 is 2.56 bits per heavy atom. The van der Waals surface area contributed by atoms with E-state index in [1.165, 1.54) is 5.56 Å². The Morgan fingerprint density at radius 2 is 2.00 bits per heavy atom. The van der Waals surface area contributed by atoms with Crippen LogP contribution in [-0.4, -0.2) is 12.6 Å². The highest BCUT2D eigenvalue weighted by atomic mass is 79.9. The van der Waals surface area contributed by atoms with Crippen LogP contribution >= 0.6 is 26.2 Å². The van der Waals surface area contributed by atoms with Crippen LogP contribution in [0.15, 0.2) is 30.3 Å². The van der Waals surface area contributed by atoms with Crippen molar-refractivity contribution < 1.29 is 9.53 Å². The van der Waals surface area contributed by atoms with E-state index < -0.39 is 0 Å². The number of carbonyl (C=O) groups is 1. The van der Waals surface area contributed by atoms with Crippen molar-refractivity contribution in [3.05, 3.63) is 35.9 Å². The largest absolute Gasteiger partial charge is 0.466 e. The summed E-state index contributed by atoms with van der Waals surface area (Å²) in [6.45, 7) is 2.29. The van der Waals surface area contributed by atoms with E-state index in [1.807, 2.05) is 25.1 Å². The standard InChI is InChI=1S/C12H17O2P.BrH/c1-2-14-12(13)9-8-11(15)10-6-4-3-5-7-10;/h3-7,11H,2,8-9,15H2,1H3;1H. The Morgan fingerprint density at radius 1 is 1.38 bits per heavy atom. The minimum atomic E-state index is -0.110. The second-order valence-electron chi connectivity index (χ2n) is 3.36. The Bertz CT molecular complexity index is 303. The molecule has 0 radical (unpaired) electrons. The third-order valence-electron chi connectivity index (χ3n) is 2.19. The maximum Gasteiger partial charge on any atom is 0.305 e. The minimum absolute atomic E-state index is 0. The zero-order valence-electron chi connectivity index (χ0n) is 9.39. The highest BCUT2D eigenvalue weighted by Crippen LogP contribution is 2.27. The van der Waals surface area contributed by atoms with Gasteiger partial charge >= 0.3 is 5.97 Å². The van der Waals surface area contributed by atoms with Gasteiger partial charge in [0.2, 0.25) is 0 Å². The number of halogens is 1. The van der Waals surface area contributed by atoms with Gasteiger partial charge in [0, 0.05) is 6.42 Å². The van der Waals surface area contributed by atoms with E-state index in [0.29, 0.717) is 18.7 Å². The maximum atomic E-state index is 11.1. The highest BCUT2D eigenvalue weighted by molar-refractivity contribution is 8.93. The van der Waals surface area contributed by atoms with E-state index in [-0.39, 0.29) is 23.0 Å². The first-order valence-corrected chi connectivity index (χ1v) is 5.87. The molecule has 2 atom stereocenters. The lowest BCUT2D eigenvalue weighted by molar-refractivity contribution is -0.143. The molecule has 0 fully saturated rings. The molecule has 4 heteroatoms. The molecule has 1 aromatic rings. The van der Waals surface area contributed by atoms with E-state index in [1.54, 1.807) is 0 Å². The Hall–Kier alpha value is -0.400. The molecule has 0 saturated heterocycles. The van der Waals surface area contributed by atoms with Gasteiger partial charge in [-0.25, -0.2) is 0 Å². The molecule has 0 aliphatic rings. The lowest BCUT2D eigenvalue weighted by Crippen LogP contribution is -2.04. The van der Waals surface area contributed by atoms with Crippen LogP contribution in [0.25, 0.3) is 0 Å². The fourth-order valence-electron chi connectivity index (χ4n) is 1.37. The number of rotatable bonds is 5. The summed E-state index contributed by atoms with van der Waals surface area (Å²) in [7, 11) is 2.77. The first-order valence-electron chi connectivity index (χ1n) is 5.20. The summed E-state index contributed by atoms with van der Waals surface area (Å²) >= 11 is 0. The van der Waals surface area contributed by atoms with E-state index >= 15 is 0 Å². The summed E-state index contributed by atoms with van der Waals surface area (Å²) in [4.78, 5) is 11.1. The van der Waals surface area contributed by atoms with Gasteiger partial charge in [0.05, 0.1) is 6.61 Å². The van der Waals surface area contributed by atoms with Crippen LogP contribution < -0.4 is 0 Å². The number of hydrogen-bond acceptors (Lipinski definition) is 2. The first kappa shape index (κ1) is 15.6. The number of esters is 1. The molecule has 2 unspecified atom stereocenters. The lowest BCUT2D eigenvalue weighted by atomic mass is 10.1. The van der Waals surface area contributed by atoms with Crippen molar-refractivity contribution in [2.75, 3.05) is 6.61 Å². The molecule has 2 nitrogen and oxygen atoms in total. The van der Waals surface area contributed by atoms with Crippen molar-refractivity contribution in [1.29, 1.82) is 0 Å². The molecule has 16 heavy (non-hydrogen) atoms. The Labute approximate surface area is 110 Å². The monoisotopic (exact) mass is 304 g/mol. The summed E-state index contributed by atoms with van der Waals surface area (Å²) in [6, 6.07) is 10.2. The van der Waals surface area contributed by atoms with Crippen molar-refractivity contribution in [3.8, 4) is 0 Å². The normalized spacial score (nSPS) is 11.4. The summed E-state index contributed by atoms with van der Waals surface area (Å²) < 4.78 is 4.88. The average molecular weight is 305 g/mol. The fourth-order valence-corrected chi connectivity index (χ4v) is 1.76. The molecule has 90 valence electrons. The summed E-state index contributed by atoms with van der Waals surface area (Å²) in [5.74, 6) is -0.110. The number of hydrogen-bond donors (Lipinski definition) is 0. The molecule has 0 amide bonds. The molecule has 0 heterocycles. The first-order chi connectivity index (χ1) is 7.24. The van der Waals surface area contributed by atoms with E-state index in [2.05, 4.69) is 21.4 Å². The third-order valence-corrected chi connectivity index (χ3v) is 2.91. The number of carbonyl (C=O) groups excluding carboxylic acids is 1. The van der Waals surface area contributed by atoms with Gasteiger partial charge in [-0.15, -0.1) is 26.2 Å². The molecule has 0 saturated carbocycles. The molecule has 1 rings (SSSR count). The average Bonchev–Trinajstić information content (AvgIpc) is 2.27. The molecule has 0 N–H and O–H groups in total. The Kier molecular flexibility index (Phi) is 8.50. The van der Waals surface area contributed by atoms with Crippen molar-refractivity contribution >= 4 is 32.2 Å². The van der Waals surface area contributed by atoms with Crippen molar-refractivity contribution in [2.24, 2.45) is 0 Å². The zero-order valence-corrected chi connectivity index (χ0v) is 12.3. The van der Waals surface area contributed by atoms with Crippen LogP contribution in [-0.2, 0) is 9.53 Å². The van der Waals surface area contributed by atoms with Gasteiger partial charge in [-0.05, 0) is 24.6 Å². The second-order valence-corrected chi connectivity index (χ2v) is 4.17. The molecule has 0 aliphatic heterocycles. The van der Waals surface area contributed by atoms with Gasteiger partial charge in [0.15, 0.2) is 0 Å². The molecule has 0 aliphatic carbocycles. The molecule has 0 bridgehead atoms. The topological polar surface area (TPSA) is 26.3 Å². The zero-order chi connectivity index (χ0) is 11.1. The van der Waals surface area contributed by atoms with E-state index in [0.717, 1.165) is 6.42 Å². The second kappa shape index (κ2) is 8.72. The SMILES string of the molecule is Br.CCOC(=O)CCC(P)c1ccccc1. The van der Waals surface area contributed by atoms with Gasteiger partial charge in [-0.2, -0.15) is 0 Å². The molecule has 1 aromatic carbocycles. The Balaban J connectivity index is 0.00000225. The molecular formula is C12H18BrO2P. The van der Waals surface area contributed by atoms with Crippen LogP contribution in [0.2, 0.25) is 0 Å². The van der Waals surface area contributed by atoms with Crippen LogP contribution in [0.4, 0.5) is 0 Å². The van der Waals surface area contributed by atoms with Crippen molar-refractivity contribution in [3.63, 3.8) is 0 Å². The van der Waals surface area contributed by atoms with Gasteiger partial charge in [0.25, 0.3) is 0 Å². The molecular weight excluding hydrogens is 287 g/mol. The number of benzene rings is 1. The smallest absolute Gasteiger partial charge is 0.305 e. The predicted octanol–water partition coefficient (Wildman–Crippen LogP) is 3.52. The van der Waals surface area contributed by atoms with Crippen LogP contribution in [0.1, 0.15) is 31.0 Å². The quantitative estimate of drug-likeness (QED) is 0.614. The highest BCUT2D eigenvalue weighted by Gasteiger charge is 2.08. The van der Waals surface area contributed by atoms with Crippen LogP contribution in [0.3, 0.4) is 0 Å². The predicted molar refractivity (Wildman–Crippen MR) is 75.1 cm³/mol.